The summed E-state index contributed by atoms with van der Waals surface area (Å²) in [6.07, 6.45) is 3.61. The van der Waals surface area contributed by atoms with Crippen LogP contribution < -0.4 is 21.7 Å². The standard InChI is InChI=1S/C18H24N4O3/c1-10(19)17(24)20-13-3-5-14(6-4-13)21-18(25)11-2-7-15-12(8-11)9-16(23)22-15/h2,7-8,10,13-14H,3-6,9,19H2,1H3,(H,20,24)(H,21,25)(H,22,23)/t10?,13-,14-. The summed E-state index contributed by atoms with van der Waals surface area (Å²) in [4.78, 5) is 35.5. The molecule has 3 amide bonds. The van der Waals surface area contributed by atoms with Crippen LogP contribution in [0.15, 0.2) is 18.2 Å². The molecule has 1 unspecified atom stereocenters. The Morgan fingerprint density at radius 2 is 1.80 bits per heavy atom. The summed E-state index contributed by atoms with van der Waals surface area (Å²) in [7, 11) is 0. The molecule has 1 atom stereocenters. The van der Waals surface area contributed by atoms with Crippen molar-refractivity contribution in [1.82, 2.24) is 10.6 Å². The molecule has 1 saturated carbocycles. The lowest BCUT2D eigenvalue weighted by Crippen LogP contribution is -2.47. The fraction of sp³-hybridized carbons (Fsp3) is 0.500. The summed E-state index contributed by atoms with van der Waals surface area (Å²) in [6, 6.07) is 5.01. The number of benzene rings is 1. The van der Waals surface area contributed by atoms with Crippen LogP contribution in [0.5, 0.6) is 0 Å². The lowest BCUT2D eigenvalue weighted by Gasteiger charge is -2.30. The number of carbonyl (C=O) groups is 3. The first-order chi connectivity index (χ1) is 11.9. The second-order valence-electron chi connectivity index (χ2n) is 6.92. The number of amides is 3. The molecular weight excluding hydrogens is 320 g/mol. The SMILES string of the molecule is CC(N)C(=O)N[C@H]1CC[C@H](NC(=O)c2ccc3c(c2)CC(=O)N3)CC1. The highest BCUT2D eigenvalue weighted by atomic mass is 16.2. The van der Waals surface area contributed by atoms with Crippen molar-refractivity contribution in [2.24, 2.45) is 5.73 Å². The number of fused-ring (bicyclic) bond motifs is 1. The van der Waals surface area contributed by atoms with Crippen molar-refractivity contribution in [2.45, 2.75) is 57.2 Å². The Hall–Kier alpha value is -2.41. The fourth-order valence-corrected chi connectivity index (χ4v) is 3.35. The zero-order valence-corrected chi connectivity index (χ0v) is 14.3. The molecule has 134 valence electrons. The molecule has 0 spiro atoms. The minimum Gasteiger partial charge on any atom is -0.352 e. The van der Waals surface area contributed by atoms with Crippen molar-refractivity contribution in [2.75, 3.05) is 5.32 Å². The first-order valence-electron chi connectivity index (χ1n) is 8.72. The first kappa shape index (κ1) is 17.4. The van der Waals surface area contributed by atoms with Gasteiger partial charge in [-0.3, -0.25) is 14.4 Å². The Kier molecular flexibility index (Phi) is 5.03. The van der Waals surface area contributed by atoms with Gasteiger partial charge in [0, 0.05) is 23.3 Å². The zero-order chi connectivity index (χ0) is 18.0. The van der Waals surface area contributed by atoms with E-state index in [1.54, 1.807) is 25.1 Å². The Labute approximate surface area is 146 Å². The summed E-state index contributed by atoms with van der Waals surface area (Å²) in [6.45, 7) is 1.67. The Morgan fingerprint density at radius 3 is 2.44 bits per heavy atom. The van der Waals surface area contributed by atoms with Crippen LogP contribution in [0, 0.1) is 0 Å². The monoisotopic (exact) mass is 344 g/mol. The summed E-state index contributed by atoms with van der Waals surface area (Å²) in [5.74, 6) is -0.293. The predicted octanol–water partition coefficient (Wildman–Crippen LogP) is 0.686. The van der Waals surface area contributed by atoms with E-state index >= 15 is 0 Å². The molecule has 7 nitrogen and oxygen atoms in total. The van der Waals surface area contributed by atoms with E-state index in [1.807, 2.05) is 0 Å². The van der Waals surface area contributed by atoms with E-state index in [-0.39, 0.29) is 29.8 Å². The maximum atomic E-state index is 12.4. The van der Waals surface area contributed by atoms with E-state index in [0.29, 0.717) is 12.0 Å². The third-order valence-corrected chi connectivity index (χ3v) is 4.81. The number of carbonyl (C=O) groups excluding carboxylic acids is 3. The average molecular weight is 344 g/mol. The summed E-state index contributed by atoms with van der Waals surface area (Å²) in [5.41, 5.74) is 7.78. The molecule has 7 heteroatoms. The average Bonchev–Trinajstić information content (AvgIpc) is 2.95. The van der Waals surface area contributed by atoms with Gasteiger partial charge in [0.1, 0.15) is 0 Å². The molecule has 0 radical (unpaired) electrons. The highest BCUT2D eigenvalue weighted by Gasteiger charge is 2.25. The largest absolute Gasteiger partial charge is 0.352 e. The van der Waals surface area contributed by atoms with Gasteiger partial charge in [0.15, 0.2) is 0 Å². The van der Waals surface area contributed by atoms with Crippen molar-refractivity contribution >= 4 is 23.4 Å². The van der Waals surface area contributed by atoms with Crippen LogP contribution >= 0.6 is 0 Å². The maximum Gasteiger partial charge on any atom is 0.251 e. The highest BCUT2D eigenvalue weighted by Crippen LogP contribution is 2.24. The van der Waals surface area contributed by atoms with Crippen LogP contribution in [0.25, 0.3) is 0 Å². The van der Waals surface area contributed by atoms with Gasteiger partial charge in [-0.1, -0.05) is 0 Å². The zero-order valence-electron chi connectivity index (χ0n) is 14.3. The molecule has 0 aromatic heterocycles. The first-order valence-corrected chi connectivity index (χ1v) is 8.72. The van der Waals surface area contributed by atoms with Crippen LogP contribution in [0.3, 0.4) is 0 Å². The van der Waals surface area contributed by atoms with Crippen molar-refractivity contribution < 1.29 is 14.4 Å². The lowest BCUT2D eigenvalue weighted by molar-refractivity contribution is -0.123. The molecule has 1 aromatic rings. The van der Waals surface area contributed by atoms with Crippen LogP contribution in [0.1, 0.15) is 48.5 Å². The van der Waals surface area contributed by atoms with Crippen molar-refractivity contribution in [3.8, 4) is 0 Å². The quantitative estimate of drug-likeness (QED) is 0.643. The smallest absolute Gasteiger partial charge is 0.251 e. The molecule has 1 aliphatic carbocycles. The van der Waals surface area contributed by atoms with E-state index in [4.69, 9.17) is 5.73 Å². The van der Waals surface area contributed by atoms with Gasteiger partial charge in [-0.25, -0.2) is 0 Å². The number of nitrogens with one attached hydrogen (secondary N) is 3. The molecule has 5 N–H and O–H groups in total. The topological polar surface area (TPSA) is 113 Å². The molecule has 1 aromatic carbocycles. The van der Waals surface area contributed by atoms with Crippen LogP contribution in [0.4, 0.5) is 5.69 Å². The Balaban J connectivity index is 1.51. The number of anilines is 1. The number of hydrogen-bond acceptors (Lipinski definition) is 4. The van der Waals surface area contributed by atoms with Gasteiger partial charge in [-0.15, -0.1) is 0 Å². The van der Waals surface area contributed by atoms with E-state index in [2.05, 4.69) is 16.0 Å². The van der Waals surface area contributed by atoms with Crippen molar-refractivity contribution in [3.05, 3.63) is 29.3 Å². The highest BCUT2D eigenvalue weighted by molar-refractivity contribution is 6.01. The van der Waals surface area contributed by atoms with Gasteiger partial charge in [0.2, 0.25) is 11.8 Å². The molecule has 0 saturated heterocycles. The summed E-state index contributed by atoms with van der Waals surface area (Å²) < 4.78 is 0. The fourth-order valence-electron chi connectivity index (χ4n) is 3.35. The van der Waals surface area contributed by atoms with Crippen molar-refractivity contribution in [1.29, 1.82) is 0 Å². The molecular formula is C18H24N4O3. The molecule has 1 fully saturated rings. The minimum atomic E-state index is -0.501. The lowest BCUT2D eigenvalue weighted by atomic mass is 9.90. The van der Waals surface area contributed by atoms with E-state index in [0.717, 1.165) is 36.9 Å². The predicted molar refractivity (Wildman–Crippen MR) is 94.1 cm³/mol. The third-order valence-electron chi connectivity index (χ3n) is 4.81. The van der Waals surface area contributed by atoms with E-state index in [1.165, 1.54) is 0 Å². The summed E-state index contributed by atoms with van der Waals surface area (Å²) in [5, 5.41) is 8.75. The molecule has 25 heavy (non-hydrogen) atoms. The van der Waals surface area contributed by atoms with E-state index in [9.17, 15) is 14.4 Å². The molecule has 3 rings (SSSR count). The van der Waals surface area contributed by atoms with Gasteiger partial charge in [-0.05, 0) is 56.4 Å². The second kappa shape index (κ2) is 7.23. The third kappa shape index (κ3) is 4.17. The van der Waals surface area contributed by atoms with Gasteiger partial charge in [0.05, 0.1) is 12.5 Å². The Bertz CT molecular complexity index is 694. The van der Waals surface area contributed by atoms with Gasteiger partial charge < -0.3 is 21.7 Å². The van der Waals surface area contributed by atoms with Crippen molar-refractivity contribution in [3.63, 3.8) is 0 Å². The normalized spacial score (nSPS) is 23.4. The van der Waals surface area contributed by atoms with Gasteiger partial charge in [-0.2, -0.15) is 0 Å². The second-order valence-corrected chi connectivity index (χ2v) is 6.92. The molecule has 0 bridgehead atoms. The molecule has 1 aliphatic heterocycles. The van der Waals surface area contributed by atoms with Gasteiger partial charge >= 0.3 is 0 Å². The number of rotatable bonds is 4. The van der Waals surface area contributed by atoms with E-state index < -0.39 is 6.04 Å². The van der Waals surface area contributed by atoms with Crippen LogP contribution in [-0.2, 0) is 16.0 Å². The molecule has 1 heterocycles. The molecule has 2 aliphatic rings. The maximum absolute atomic E-state index is 12.4. The van der Waals surface area contributed by atoms with Crippen LogP contribution in [0.2, 0.25) is 0 Å². The number of nitrogens with two attached hydrogens (primary N) is 1. The summed E-state index contributed by atoms with van der Waals surface area (Å²) >= 11 is 0. The van der Waals surface area contributed by atoms with Gasteiger partial charge in [0.25, 0.3) is 5.91 Å². The van der Waals surface area contributed by atoms with Crippen LogP contribution in [-0.4, -0.2) is 35.8 Å². The number of hydrogen-bond donors (Lipinski definition) is 4. The minimum absolute atomic E-state index is 0.0419. The Morgan fingerprint density at radius 1 is 1.16 bits per heavy atom.